The van der Waals surface area contributed by atoms with E-state index in [1.165, 1.54) is 11.8 Å². The average molecular weight is 417 g/mol. The zero-order valence-electron chi connectivity index (χ0n) is 16.7. The van der Waals surface area contributed by atoms with Gasteiger partial charge >= 0.3 is 0 Å². The van der Waals surface area contributed by atoms with Gasteiger partial charge in [0.2, 0.25) is 0 Å². The Balaban J connectivity index is 1.83. The van der Waals surface area contributed by atoms with Gasteiger partial charge in [-0.05, 0) is 78.4 Å². The molecule has 0 bridgehead atoms. The molecule has 0 saturated carbocycles. The van der Waals surface area contributed by atoms with Crippen LogP contribution in [-0.2, 0) is 4.79 Å². The van der Waals surface area contributed by atoms with Gasteiger partial charge in [-0.1, -0.05) is 37.2 Å². The fourth-order valence-corrected chi connectivity index (χ4v) is 4.33. The van der Waals surface area contributed by atoms with Crippen LogP contribution in [0.1, 0.15) is 42.0 Å². The predicted octanol–water partition coefficient (Wildman–Crippen LogP) is 5.69. The summed E-state index contributed by atoms with van der Waals surface area (Å²) in [7, 11) is 1.69. The molecule has 2 aromatic rings. The van der Waals surface area contributed by atoms with E-state index in [1.54, 1.807) is 7.11 Å². The molecule has 4 nitrogen and oxygen atoms in total. The number of nitrogens with one attached hydrogen (secondary N) is 2. The second kappa shape index (κ2) is 8.50. The maximum atomic E-state index is 12.5. The third kappa shape index (κ3) is 4.47. The summed E-state index contributed by atoms with van der Waals surface area (Å²) in [4.78, 5) is 13.2. The monoisotopic (exact) mass is 416 g/mol. The Hall–Kier alpha value is -2.11. The van der Waals surface area contributed by atoms with Gasteiger partial charge in [-0.2, -0.15) is 0 Å². The number of carbonyl (C=O) groups excluding carboxylic acids is 1. The molecule has 1 aliphatic rings. The Bertz CT molecular complexity index is 940. The molecule has 1 aliphatic heterocycles. The maximum Gasteiger partial charge on any atom is 0.260 e. The summed E-state index contributed by atoms with van der Waals surface area (Å²) in [5.41, 5.74) is 5.01. The Kier molecular flexibility index (Phi) is 6.26. The molecule has 28 heavy (non-hydrogen) atoms. The van der Waals surface area contributed by atoms with Crippen molar-refractivity contribution >= 4 is 41.0 Å². The smallest absolute Gasteiger partial charge is 0.260 e. The number of anilines is 1. The Morgan fingerprint density at radius 3 is 2.61 bits per heavy atom. The van der Waals surface area contributed by atoms with Crippen molar-refractivity contribution in [1.82, 2.24) is 5.32 Å². The van der Waals surface area contributed by atoms with Crippen molar-refractivity contribution < 1.29 is 9.53 Å². The summed E-state index contributed by atoms with van der Waals surface area (Å²) >= 11 is 7.50. The van der Waals surface area contributed by atoms with Crippen molar-refractivity contribution in [2.75, 3.05) is 12.4 Å². The highest BCUT2D eigenvalue weighted by Crippen LogP contribution is 2.34. The van der Waals surface area contributed by atoms with Crippen LogP contribution in [0.25, 0.3) is 6.08 Å². The number of carbonyl (C=O) groups is 1. The lowest BCUT2D eigenvalue weighted by Gasteiger charge is -2.15. The van der Waals surface area contributed by atoms with Crippen LogP contribution in [0.4, 0.5) is 5.69 Å². The van der Waals surface area contributed by atoms with Crippen molar-refractivity contribution in [1.29, 1.82) is 0 Å². The lowest BCUT2D eigenvalue weighted by molar-refractivity contribution is -0.116. The van der Waals surface area contributed by atoms with E-state index in [0.29, 0.717) is 15.8 Å². The minimum atomic E-state index is -0.221. The second-order valence-electron chi connectivity index (χ2n) is 7.19. The summed E-state index contributed by atoms with van der Waals surface area (Å²) in [5.74, 6) is 1.14. The number of thioether (sulfide) groups is 1. The van der Waals surface area contributed by atoms with Crippen LogP contribution in [-0.4, -0.2) is 18.5 Å². The minimum Gasteiger partial charge on any atom is -0.496 e. The van der Waals surface area contributed by atoms with Gasteiger partial charge in [0.15, 0.2) is 5.50 Å². The van der Waals surface area contributed by atoms with E-state index in [0.717, 1.165) is 33.7 Å². The lowest BCUT2D eigenvalue weighted by atomic mass is 9.96. The molecular formula is C22H25ClN2O2S. The summed E-state index contributed by atoms with van der Waals surface area (Å²) in [5, 5.41) is 7.03. The van der Waals surface area contributed by atoms with E-state index in [9.17, 15) is 4.79 Å². The molecule has 0 radical (unpaired) electrons. The predicted molar refractivity (Wildman–Crippen MR) is 119 cm³/mol. The highest BCUT2D eigenvalue weighted by atomic mass is 35.5. The zero-order chi connectivity index (χ0) is 20.4. The van der Waals surface area contributed by atoms with Gasteiger partial charge < -0.3 is 15.4 Å². The zero-order valence-corrected chi connectivity index (χ0v) is 18.3. The molecule has 2 N–H and O–H groups in total. The standard InChI is InChI=1S/C22H25ClN2O2S/c1-12(2)17-10-15(13(3)9-19(17)27-5)11-20-21(26)25-22(28-20)24-18-7-6-16(23)8-14(18)4/h6-12,22,24H,1-5H3,(H,25,26)/b20-11-. The van der Waals surface area contributed by atoms with E-state index < -0.39 is 0 Å². The molecule has 0 aliphatic carbocycles. The number of hydrogen-bond donors (Lipinski definition) is 2. The molecule has 3 rings (SSSR count). The highest BCUT2D eigenvalue weighted by Gasteiger charge is 2.27. The quantitative estimate of drug-likeness (QED) is 0.615. The first-order chi connectivity index (χ1) is 13.3. The van der Waals surface area contributed by atoms with Crippen LogP contribution in [0.3, 0.4) is 0 Å². The normalized spacial score (nSPS) is 17.9. The molecule has 1 saturated heterocycles. The van der Waals surface area contributed by atoms with Crippen LogP contribution < -0.4 is 15.4 Å². The van der Waals surface area contributed by atoms with Crippen molar-refractivity contribution in [3.8, 4) is 5.75 Å². The van der Waals surface area contributed by atoms with Gasteiger partial charge in [-0.3, -0.25) is 4.79 Å². The van der Waals surface area contributed by atoms with E-state index in [4.69, 9.17) is 16.3 Å². The molecule has 1 unspecified atom stereocenters. The number of halogens is 1. The molecule has 0 spiro atoms. The number of rotatable bonds is 5. The molecule has 2 aromatic carbocycles. The molecule has 148 valence electrons. The highest BCUT2D eigenvalue weighted by molar-refractivity contribution is 8.05. The Morgan fingerprint density at radius 2 is 1.96 bits per heavy atom. The van der Waals surface area contributed by atoms with Crippen LogP contribution in [0, 0.1) is 13.8 Å². The molecule has 1 fully saturated rings. The number of aryl methyl sites for hydroxylation is 2. The second-order valence-corrected chi connectivity index (χ2v) is 8.77. The van der Waals surface area contributed by atoms with Crippen molar-refractivity contribution in [2.24, 2.45) is 0 Å². The maximum absolute atomic E-state index is 12.5. The number of methoxy groups -OCH3 is 1. The van der Waals surface area contributed by atoms with E-state index in [-0.39, 0.29) is 11.4 Å². The van der Waals surface area contributed by atoms with Crippen molar-refractivity contribution in [3.63, 3.8) is 0 Å². The SMILES string of the molecule is COc1cc(C)c(/C=C2\SC(Nc3ccc(Cl)cc3C)NC2=O)cc1C(C)C. The van der Waals surface area contributed by atoms with Crippen LogP contribution in [0.5, 0.6) is 5.75 Å². The molecule has 1 heterocycles. The average Bonchev–Trinajstić information content (AvgIpc) is 2.97. The first-order valence-electron chi connectivity index (χ1n) is 9.19. The van der Waals surface area contributed by atoms with E-state index in [2.05, 4.69) is 30.5 Å². The van der Waals surface area contributed by atoms with Gasteiger partial charge in [-0.25, -0.2) is 0 Å². The van der Waals surface area contributed by atoms with Gasteiger partial charge in [0, 0.05) is 10.7 Å². The first kappa shape index (κ1) is 20.6. The van der Waals surface area contributed by atoms with Gasteiger partial charge in [0.05, 0.1) is 12.0 Å². The summed E-state index contributed by atoms with van der Waals surface area (Å²) in [6.07, 6.45) is 1.96. The van der Waals surface area contributed by atoms with E-state index in [1.807, 2.05) is 44.2 Å². The van der Waals surface area contributed by atoms with Crippen molar-refractivity contribution in [3.05, 3.63) is 62.5 Å². The first-order valence-corrected chi connectivity index (χ1v) is 10.4. The summed E-state index contributed by atoms with van der Waals surface area (Å²) in [6.45, 7) is 8.29. The largest absolute Gasteiger partial charge is 0.496 e. The van der Waals surface area contributed by atoms with E-state index >= 15 is 0 Å². The van der Waals surface area contributed by atoms with Crippen LogP contribution in [0.2, 0.25) is 5.02 Å². The third-order valence-electron chi connectivity index (χ3n) is 4.73. The number of hydrogen-bond acceptors (Lipinski definition) is 4. The fraction of sp³-hybridized carbons (Fsp3) is 0.318. The third-order valence-corrected chi connectivity index (χ3v) is 6.00. The summed E-state index contributed by atoms with van der Waals surface area (Å²) in [6, 6.07) is 9.81. The van der Waals surface area contributed by atoms with Gasteiger partial charge in [0.1, 0.15) is 5.75 Å². The van der Waals surface area contributed by atoms with Crippen LogP contribution in [0.15, 0.2) is 35.2 Å². The fourth-order valence-electron chi connectivity index (χ4n) is 3.14. The minimum absolute atomic E-state index is 0.0737. The number of ether oxygens (including phenoxy) is 1. The van der Waals surface area contributed by atoms with Gasteiger partial charge in [0.25, 0.3) is 5.91 Å². The molecule has 1 amide bonds. The molecular weight excluding hydrogens is 392 g/mol. The molecule has 6 heteroatoms. The topological polar surface area (TPSA) is 50.4 Å². The number of benzene rings is 2. The van der Waals surface area contributed by atoms with Crippen molar-refractivity contribution in [2.45, 2.75) is 39.1 Å². The lowest BCUT2D eigenvalue weighted by Crippen LogP contribution is -2.31. The Morgan fingerprint density at radius 1 is 1.21 bits per heavy atom. The Labute approximate surface area is 175 Å². The molecule has 0 aromatic heterocycles. The number of amides is 1. The summed E-state index contributed by atoms with van der Waals surface area (Å²) < 4.78 is 5.51. The van der Waals surface area contributed by atoms with Gasteiger partial charge in [-0.15, -0.1) is 0 Å². The molecule has 1 atom stereocenters. The van der Waals surface area contributed by atoms with Crippen LogP contribution >= 0.6 is 23.4 Å².